The number of aromatic nitrogens is 2. The predicted octanol–water partition coefficient (Wildman–Crippen LogP) is 1.84. The van der Waals surface area contributed by atoms with Gasteiger partial charge < -0.3 is 10.1 Å². The maximum Gasteiger partial charge on any atom is 0.310 e. The molecule has 2 aromatic rings. The van der Waals surface area contributed by atoms with Crippen molar-refractivity contribution in [2.75, 3.05) is 7.11 Å². The lowest BCUT2D eigenvalue weighted by atomic mass is 10.3. The predicted molar refractivity (Wildman–Crippen MR) is 78.6 cm³/mol. The fraction of sp³-hybridized carbons (Fsp3) is 0.429. The topological polar surface area (TPSA) is 56.1 Å². The fourth-order valence-corrected chi connectivity index (χ4v) is 2.81. The number of carbonyl (C=O) groups is 1. The van der Waals surface area contributed by atoms with Crippen LogP contribution in [0.15, 0.2) is 30.6 Å². The molecule has 0 aliphatic heterocycles. The summed E-state index contributed by atoms with van der Waals surface area (Å²) in [7, 11) is 1.41. The number of esters is 1. The van der Waals surface area contributed by atoms with Crippen LogP contribution in [0, 0.1) is 0 Å². The summed E-state index contributed by atoms with van der Waals surface area (Å²) >= 11 is 1.64. The summed E-state index contributed by atoms with van der Waals surface area (Å²) in [5.74, 6) is -0.196. The van der Waals surface area contributed by atoms with E-state index in [9.17, 15) is 4.79 Å². The van der Waals surface area contributed by atoms with Gasteiger partial charge in [0.1, 0.15) is 0 Å². The van der Waals surface area contributed by atoms with Crippen LogP contribution in [0.2, 0.25) is 0 Å². The van der Waals surface area contributed by atoms with Gasteiger partial charge in [-0.05, 0) is 25.1 Å². The molecule has 108 valence electrons. The zero-order chi connectivity index (χ0) is 14.4. The maximum absolute atomic E-state index is 11.2. The highest BCUT2D eigenvalue weighted by atomic mass is 32.1. The first kappa shape index (κ1) is 14.7. The molecule has 0 saturated heterocycles. The normalized spacial score (nSPS) is 12.3. The molecule has 1 N–H and O–H groups in total. The van der Waals surface area contributed by atoms with Crippen LogP contribution in [0.4, 0.5) is 0 Å². The zero-order valence-corrected chi connectivity index (χ0v) is 12.5. The molecule has 0 spiro atoms. The van der Waals surface area contributed by atoms with Crippen molar-refractivity contribution < 1.29 is 9.53 Å². The van der Waals surface area contributed by atoms with Gasteiger partial charge in [-0.25, -0.2) is 0 Å². The van der Waals surface area contributed by atoms with Gasteiger partial charge in [0.15, 0.2) is 0 Å². The van der Waals surface area contributed by atoms with Gasteiger partial charge in [-0.2, -0.15) is 5.10 Å². The molecule has 6 heteroatoms. The third kappa shape index (κ3) is 4.47. The molecule has 2 aromatic heterocycles. The Morgan fingerprint density at radius 1 is 1.50 bits per heavy atom. The van der Waals surface area contributed by atoms with Crippen LogP contribution >= 0.6 is 11.3 Å². The van der Waals surface area contributed by atoms with Crippen molar-refractivity contribution in [3.05, 3.63) is 40.3 Å². The Balaban J connectivity index is 1.77. The quantitative estimate of drug-likeness (QED) is 0.791. The SMILES string of the molecule is COC(=O)Cc1ccc(CNC(C)Cn2cccn2)s1. The van der Waals surface area contributed by atoms with Gasteiger partial charge in [-0.15, -0.1) is 11.3 Å². The van der Waals surface area contributed by atoms with E-state index in [1.165, 1.54) is 12.0 Å². The van der Waals surface area contributed by atoms with Crippen LogP contribution in [0.1, 0.15) is 16.7 Å². The summed E-state index contributed by atoms with van der Waals surface area (Å²) in [6.45, 7) is 3.77. The molecule has 5 nitrogen and oxygen atoms in total. The first-order valence-electron chi connectivity index (χ1n) is 6.52. The molecule has 0 aliphatic rings. The standard InChI is InChI=1S/C14H19N3O2S/c1-11(10-17-7-3-6-16-17)15-9-13-5-4-12(20-13)8-14(18)19-2/h3-7,11,15H,8-10H2,1-2H3. The second-order valence-electron chi connectivity index (χ2n) is 4.63. The summed E-state index contributed by atoms with van der Waals surface area (Å²) in [5.41, 5.74) is 0. The van der Waals surface area contributed by atoms with Crippen molar-refractivity contribution in [1.29, 1.82) is 0 Å². The molecular formula is C14H19N3O2S. The Kier molecular flexibility index (Phi) is 5.31. The molecule has 2 rings (SSSR count). The van der Waals surface area contributed by atoms with E-state index < -0.39 is 0 Å². The summed E-state index contributed by atoms with van der Waals surface area (Å²) in [4.78, 5) is 13.4. The first-order chi connectivity index (χ1) is 9.67. The Bertz CT molecular complexity index is 536. The number of carbonyl (C=O) groups excluding carboxylic acids is 1. The highest BCUT2D eigenvalue weighted by Gasteiger charge is 2.07. The van der Waals surface area contributed by atoms with E-state index in [1.54, 1.807) is 17.5 Å². The number of methoxy groups -OCH3 is 1. The second-order valence-corrected chi connectivity index (χ2v) is 5.88. The fourth-order valence-electron chi connectivity index (χ4n) is 1.86. The molecule has 0 saturated carbocycles. The monoisotopic (exact) mass is 293 g/mol. The van der Waals surface area contributed by atoms with Crippen LogP contribution in [0.5, 0.6) is 0 Å². The van der Waals surface area contributed by atoms with Crippen LogP contribution < -0.4 is 5.32 Å². The summed E-state index contributed by atoms with van der Waals surface area (Å²) < 4.78 is 6.57. The minimum Gasteiger partial charge on any atom is -0.469 e. The van der Waals surface area contributed by atoms with Gasteiger partial charge in [0.05, 0.1) is 20.1 Å². The number of hydrogen-bond acceptors (Lipinski definition) is 5. The summed E-state index contributed by atoms with van der Waals surface area (Å²) in [6.07, 6.45) is 4.09. The molecular weight excluding hydrogens is 274 g/mol. The summed E-state index contributed by atoms with van der Waals surface area (Å²) in [6, 6.07) is 6.29. The highest BCUT2D eigenvalue weighted by Crippen LogP contribution is 2.17. The van der Waals surface area contributed by atoms with Crippen molar-refractivity contribution in [3.63, 3.8) is 0 Å². The van der Waals surface area contributed by atoms with E-state index in [1.807, 2.05) is 23.0 Å². The smallest absolute Gasteiger partial charge is 0.310 e. The summed E-state index contributed by atoms with van der Waals surface area (Å²) in [5, 5.41) is 7.64. The number of rotatable bonds is 7. The zero-order valence-electron chi connectivity index (χ0n) is 11.7. The number of ether oxygens (including phenoxy) is 1. The third-order valence-electron chi connectivity index (χ3n) is 2.91. The van der Waals surface area contributed by atoms with Gasteiger partial charge in [0, 0.05) is 34.7 Å². The lowest BCUT2D eigenvalue weighted by Crippen LogP contribution is -2.29. The average Bonchev–Trinajstić information content (AvgIpc) is 3.08. The Hall–Kier alpha value is -1.66. The average molecular weight is 293 g/mol. The van der Waals surface area contributed by atoms with Crippen molar-refractivity contribution in [2.45, 2.75) is 32.5 Å². The van der Waals surface area contributed by atoms with E-state index in [4.69, 9.17) is 0 Å². The number of thiophene rings is 1. The van der Waals surface area contributed by atoms with E-state index in [0.29, 0.717) is 12.5 Å². The number of hydrogen-bond donors (Lipinski definition) is 1. The van der Waals surface area contributed by atoms with Crippen molar-refractivity contribution >= 4 is 17.3 Å². The molecule has 0 fully saturated rings. The first-order valence-corrected chi connectivity index (χ1v) is 7.34. The minimum atomic E-state index is -0.196. The number of nitrogens with zero attached hydrogens (tertiary/aromatic N) is 2. The van der Waals surface area contributed by atoms with E-state index in [2.05, 4.69) is 28.1 Å². The molecule has 20 heavy (non-hydrogen) atoms. The van der Waals surface area contributed by atoms with Crippen LogP contribution in [-0.4, -0.2) is 28.9 Å². The second kappa shape index (κ2) is 7.21. The molecule has 1 atom stereocenters. The Morgan fingerprint density at radius 2 is 2.30 bits per heavy atom. The van der Waals surface area contributed by atoms with Gasteiger partial charge >= 0.3 is 5.97 Å². The number of nitrogens with one attached hydrogen (secondary N) is 1. The van der Waals surface area contributed by atoms with Gasteiger partial charge in [0.25, 0.3) is 0 Å². The van der Waals surface area contributed by atoms with E-state index in [-0.39, 0.29) is 5.97 Å². The van der Waals surface area contributed by atoms with Crippen molar-refractivity contribution in [2.24, 2.45) is 0 Å². The molecule has 1 unspecified atom stereocenters. The lowest BCUT2D eigenvalue weighted by molar-refractivity contribution is -0.139. The van der Waals surface area contributed by atoms with E-state index in [0.717, 1.165) is 18.0 Å². The van der Waals surface area contributed by atoms with Crippen LogP contribution in [0.25, 0.3) is 0 Å². The molecule has 0 radical (unpaired) electrons. The molecule has 2 heterocycles. The van der Waals surface area contributed by atoms with Gasteiger partial charge in [0.2, 0.25) is 0 Å². The molecule has 0 amide bonds. The van der Waals surface area contributed by atoms with Gasteiger partial charge in [-0.3, -0.25) is 9.48 Å². The molecule has 0 bridgehead atoms. The largest absolute Gasteiger partial charge is 0.469 e. The van der Waals surface area contributed by atoms with Crippen molar-refractivity contribution in [1.82, 2.24) is 15.1 Å². The van der Waals surface area contributed by atoms with Crippen molar-refractivity contribution in [3.8, 4) is 0 Å². The third-order valence-corrected chi connectivity index (χ3v) is 3.99. The van der Waals surface area contributed by atoms with E-state index >= 15 is 0 Å². The molecule has 0 aromatic carbocycles. The highest BCUT2D eigenvalue weighted by molar-refractivity contribution is 7.12. The van der Waals surface area contributed by atoms with Gasteiger partial charge in [-0.1, -0.05) is 0 Å². The minimum absolute atomic E-state index is 0.196. The van der Waals surface area contributed by atoms with Crippen LogP contribution in [0.3, 0.4) is 0 Å². The van der Waals surface area contributed by atoms with Crippen LogP contribution in [-0.2, 0) is 29.0 Å². The molecule has 0 aliphatic carbocycles. The Labute approximate surface area is 122 Å². The maximum atomic E-state index is 11.2. The lowest BCUT2D eigenvalue weighted by Gasteiger charge is -2.12. The Morgan fingerprint density at radius 3 is 3.00 bits per heavy atom.